The van der Waals surface area contributed by atoms with Gasteiger partial charge in [-0.1, -0.05) is 11.6 Å². The molecule has 0 spiro atoms. The molecule has 0 aromatic heterocycles. The Kier molecular flexibility index (Phi) is 3.92. The second-order valence-corrected chi connectivity index (χ2v) is 4.77. The third-order valence-corrected chi connectivity index (χ3v) is 3.17. The summed E-state index contributed by atoms with van der Waals surface area (Å²) in [6.07, 6.45) is -0.763. The lowest BCUT2D eigenvalue weighted by Gasteiger charge is -2.21. The van der Waals surface area contributed by atoms with Gasteiger partial charge < -0.3 is 20.4 Å². The smallest absolute Gasteiger partial charge is 0.326 e. The van der Waals surface area contributed by atoms with Gasteiger partial charge in [0, 0.05) is 23.7 Å². The Hall–Kier alpha value is -1.79. The first kappa shape index (κ1) is 13.6. The van der Waals surface area contributed by atoms with Crippen LogP contribution in [0.1, 0.15) is 6.42 Å². The molecule has 3 N–H and O–H groups in total. The van der Waals surface area contributed by atoms with Crippen LogP contribution >= 0.6 is 11.6 Å². The number of aliphatic carboxylic acids is 1. The molecule has 2 atom stereocenters. The van der Waals surface area contributed by atoms with Crippen molar-refractivity contribution in [2.75, 3.05) is 11.9 Å². The molecule has 1 saturated heterocycles. The van der Waals surface area contributed by atoms with Crippen molar-refractivity contribution in [3.05, 3.63) is 29.3 Å². The fourth-order valence-electron chi connectivity index (χ4n) is 2.00. The van der Waals surface area contributed by atoms with Gasteiger partial charge in [-0.05, 0) is 24.3 Å². The van der Waals surface area contributed by atoms with Crippen molar-refractivity contribution in [3.8, 4) is 0 Å². The standard InChI is InChI=1S/C12H13ClN2O4/c13-7-1-3-8(4-2-7)14-12(19)15-6-9(16)5-10(15)11(17)18/h1-4,9-10,16H,5-6H2,(H,14,19)(H,17,18)/t9-,10?/m1/s1. The van der Waals surface area contributed by atoms with E-state index in [1.165, 1.54) is 0 Å². The van der Waals surface area contributed by atoms with E-state index in [2.05, 4.69) is 5.32 Å². The molecule has 19 heavy (non-hydrogen) atoms. The van der Waals surface area contributed by atoms with Crippen LogP contribution in [-0.2, 0) is 4.79 Å². The van der Waals surface area contributed by atoms with Gasteiger partial charge in [0.25, 0.3) is 0 Å². The van der Waals surface area contributed by atoms with Gasteiger partial charge in [0.2, 0.25) is 0 Å². The number of anilines is 1. The van der Waals surface area contributed by atoms with Crippen molar-refractivity contribution in [2.45, 2.75) is 18.6 Å². The van der Waals surface area contributed by atoms with Gasteiger partial charge >= 0.3 is 12.0 Å². The lowest BCUT2D eigenvalue weighted by atomic mass is 10.2. The maximum Gasteiger partial charge on any atom is 0.326 e. The van der Waals surface area contributed by atoms with Crippen molar-refractivity contribution >= 4 is 29.3 Å². The van der Waals surface area contributed by atoms with Crippen LogP contribution in [0, 0.1) is 0 Å². The molecule has 2 rings (SSSR count). The second-order valence-electron chi connectivity index (χ2n) is 4.33. The van der Waals surface area contributed by atoms with Gasteiger partial charge in [0.05, 0.1) is 6.10 Å². The Bertz CT molecular complexity index is 491. The SMILES string of the molecule is O=C(O)C1C[C@@H](O)CN1C(=O)Nc1ccc(Cl)cc1. The van der Waals surface area contributed by atoms with Gasteiger partial charge in [0.1, 0.15) is 6.04 Å². The molecule has 2 amide bonds. The maximum absolute atomic E-state index is 12.0. The Morgan fingerprint density at radius 3 is 2.53 bits per heavy atom. The van der Waals surface area contributed by atoms with E-state index >= 15 is 0 Å². The predicted molar refractivity (Wildman–Crippen MR) is 69.2 cm³/mol. The average molecular weight is 285 g/mol. The van der Waals surface area contributed by atoms with Crippen LogP contribution in [0.3, 0.4) is 0 Å². The van der Waals surface area contributed by atoms with Gasteiger partial charge in [-0.15, -0.1) is 0 Å². The number of carboxylic acid groups (broad SMARTS) is 1. The highest BCUT2D eigenvalue weighted by Gasteiger charge is 2.38. The molecule has 1 heterocycles. The summed E-state index contributed by atoms with van der Waals surface area (Å²) in [6.45, 7) is 0.0103. The topological polar surface area (TPSA) is 89.9 Å². The normalized spacial score (nSPS) is 22.3. The highest BCUT2D eigenvalue weighted by molar-refractivity contribution is 6.30. The van der Waals surface area contributed by atoms with Gasteiger partial charge in [-0.25, -0.2) is 9.59 Å². The summed E-state index contributed by atoms with van der Waals surface area (Å²) in [6, 6.07) is 4.91. The highest BCUT2D eigenvalue weighted by Crippen LogP contribution is 2.20. The van der Waals surface area contributed by atoms with Crippen LogP contribution in [-0.4, -0.2) is 45.8 Å². The van der Waals surface area contributed by atoms with Crippen LogP contribution in [0.4, 0.5) is 10.5 Å². The first-order valence-corrected chi connectivity index (χ1v) is 6.09. The summed E-state index contributed by atoms with van der Waals surface area (Å²) in [5.41, 5.74) is 0.514. The number of urea groups is 1. The van der Waals surface area contributed by atoms with Crippen LogP contribution in [0.5, 0.6) is 0 Å². The fourth-order valence-corrected chi connectivity index (χ4v) is 2.13. The monoisotopic (exact) mass is 284 g/mol. The Labute approximate surface area is 114 Å². The Balaban J connectivity index is 2.06. The largest absolute Gasteiger partial charge is 0.480 e. The summed E-state index contributed by atoms with van der Waals surface area (Å²) >= 11 is 5.73. The van der Waals surface area contributed by atoms with Gasteiger partial charge in [0.15, 0.2) is 0 Å². The Morgan fingerprint density at radius 2 is 1.95 bits per heavy atom. The molecule has 1 aliphatic rings. The van der Waals surface area contributed by atoms with Crippen LogP contribution in [0.25, 0.3) is 0 Å². The molecule has 1 aliphatic heterocycles. The minimum absolute atomic E-state index is 0.0103. The maximum atomic E-state index is 12.0. The third-order valence-electron chi connectivity index (χ3n) is 2.92. The van der Waals surface area contributed by atoms with E-state index in [4.69, 9.17) is 16.7 Å². The molecule has 1 aromatic rings. The summed E-state index contributed by atoms with van der Waals surface area (Å²) in [4.78, 5) is 24.1. The molecule has 0 radical (unpaired) electrons. The molecule has 0 aliphatic carbocycles. The lowest BCUT2D eigenvalue weighted by Crippen LogP contribution is -2.43. The molecular weight excluding hydrogens is 272 g/mol. The second kappa shape index (κ2) is 5.46. The third kappa shape index (κ3) is 3.15. The van der Waals surface area contributed by atoms with E-state index in [-0.39, 0.29) is 13.0 Å². The number of hydrogen-bond donors (Lipinski definition) is 3. The van der Waals surface area contributed by atoms with Crippen LogP contribution < -0.4 is 5.32 Å². The molecule has 6 nitrogen and oxygen atoms in total. The van der Waals surface area contributed by atoms with E-state index in [9.17, 15) is 14.7 Å². The van der Waals surface area contributed by atoms with Crippen molar-refractivity contribution in [1.82, 2.24) is 4.90 Å². The molecule has 1 fully saturated rings. The van der Waals surface area contributed by atoms with Crippen molar-refractivity contribution in [2.24, 2.45) is 0 Å². The minimum atomic E-state index is -1.12. The molecule has 1 aromatic carbocycles. The van der Waals surface area contributed by atoms with E-state index in [0.29, 0.717) is 10.7 Å². The number of likely N-dealkylation sites (tertiary alicyclic amines) is 1. The molecule has 102 valence electrons. The quantitative estimate of drug-likeness (QED) is 0.765. The molecule has 1 unspecified atom stereocenters. The fraction of sp³-hybridized carbons (Fsp3) is 0.333. The number of hydrogen-bond acceptors (Lipinski definition) is 3. The first-order chi connectivity index (χ1) is 8.97. The van der Waals surface area contributed by atoms with Crippen molar-refractivity contribution < 1.29 is 19.8 Å². The van der Waals surface area contributed by atoms with Crippen molar-refractivity contribution in [1.29, 1.82) is 0 Å². The Morgan fingerprint density at radius 1 is 1.32 bits per heavy atom. The summed E-state index contributed by atoms with van der Waals surface area (Å²) in [7, 11) is 0. The van der Waals surface area contributed by atoms with Crippen LogP contribution in [0.2, 0.25) is 5.02 Å². The number of nitrogens with zero attached hydrogens (tertiary/aromatic N) is 1. The summed E-state index contributed by atoms with van der Waals surface area (Å²) < 4.78 is 0. The number of benzene rings is 1. The number of nitrogens with one attached hydrogen (secondary N) is 1. The predicted octanol–water partition coefficient (Wildman–Crippen LogP) is 1.39. The zero-order valence-corrected chi connectivity index (χ0v) is 10.7. The van der Waals surface area contributed by atoms with E-state index in [1.54, 1.807) is 24.3 Å². The van der Waals surface area contributed by atoms with Crippen LogP contribution in [0.15, 0.2) is 24.3 Å². The zero-order valence-electron chi connectivity index (χ0n) is 9.91. The van der Waals surface area contributed by atoms with E-state index < -0.39 is 24.1 Å². The van der Waals surface area contributed by atoms with Gasteiger partial charge in [-0.2, -0.15) is 0 Å². The number of halogens is 1. The molecular formula is C12H13ClN2O4. The number of carbonyl (C=O) groups is 2. The first-order valence-electron chi connectivity index (χ1n) is 5.71. The minimum Gasteiger partial charge on any atom is -0.480 e. The molecule has 0 saturated carbocycles. The number of amides is 2. The number of aliphatic hydroxyl groups excluding tert-OH is 1. The zero-order chi connectivity index (χ0) is 14.0. The number of aliphatic hydroxyl groups is 1. The molecule has 0 bridgehead atoms. The summed E-state index contributed by atoms with van der Waals surface area (Å²) in [5, 5.41) is 21.6. The molecule has 7 heteroatoms. The highest BCUT2D eigenvalue weighted by atomic mass is 35.5. The van der Waals surface area contributed by atoms with Crippen molar-refractivity contribution in [3.63, 3.8) is 0 Å². The van der Waals surface area contributed by atoms with E-state index in [1.807, 2.05) is 0 Å². The number of carboxylic acids is 1. The summed E-state index contributed by atoms with van der Waals surface area (Å²) in [5.74, 6) is -1.12. The van der Waals surface area contributed by atoms with E-state index in [0.717, 1.165) is 4.90 Å². The lowest BCUT2D eigenvalue weighted by molar-refractivity contribution is -0.141. The number of β-amino-alcohol motifs (C(OH)–C–C–N with tert-alkyl or cyclic N) is 1. The number of carbonyl (C=O) groups excluding carboxylic acids is 1. The average Bonchev–Trinajstić information content (AvgIpc) is 2.74. The van der Waals surface area contributed by atoms with Gasteiger partial charge in [-0.3, -0.25) is 0 Å². The number of rotatable bonds is 2.